The van der Waals surface area contributed by atoms with E-state index in [0.29, 0.717) is 0 Å². The SMILES string of the molecule is CS(=O)(=O)Cl.CS(=O)(=O)OCCC(Oc1ccccc1)C(F)(F)F. The molecule has 12 heteroatoms. The van der Waals surface area contributed by atoms with E-state index in [0.717, 1.165) is 12.5 Å². The quantitative estimate of drug-likeness (QED) is 0.527. The van der Waals surface area contributed by atoms with Gasteiger partial charge in [0.05, 0.1) is 19.1 Å². The molecule has 6 nitrogen and oxygen atoms in total. The molecule has 0 aliphatic rings. The Morgan fingerprint density at radius 2 is 1.54 bits per heavy atom. The maximum absolute atomic E-state index is 12.7. The summed E-state index contributed by atoms with van der Waals surface area (Å²) in [4.78, 5) is 0. The molecule has 0 amide bonds. The number of hydrogen-bond donors (Lipinski definition) is 0. The third-order valence-electron chi connectivity index (χ3n) is 2.06. The van der Waals surface area contributed by atoms with Crippen LogP contribution in [0.2, 0.25) is 0 Å². The molecule has 0 fully saturated rings. The van der Waals surface area contributed by atoms with Crippen LogP contribution in [0.3, 0.4) is 0 Å². The van der Waals surface area contributed by atoms with E-state index in [4.69, 9.17) is 4.74 Å². The molecular weight excluding hydrogens is 397 g/mol. The van der Waals surface area contributed by atoms with Crippen molar-refractivity contribution in [2.75, 3.05) is 19.1 Å². The van der Waals surface area contributed by atoms with Crippen molar-refractivity contribution < 1.29 is 38.9 Å². The highest BCUT2D eigenvalue weighted by molar-refractivity contribution is 8.13. The van der Waals surface area contributed by atoms with E-state index in [-0.39, 0.29) is 5.75 Å². The van der Waals surface area contributed by atoms with Crippen LogP contribution >= 0.6 is 10.7 Å². The van der Waals surface area contributed by atoms with Crippen LogP contribution in [0.5, 0.6) is 5.75 Å². The van der Waals surface area contributed by atoms with Crippen LogP contribution in [0.4, 0.5) is 13.2 Å². The maximum atomic E-state index is 12.7. The smallest absolute Gasteiger partial charge is 0.425 e. The molecule has 1 aromatic carbocycles. The summed E-state index contributed by atoms with van der Waals surface area (Å²) in [6.45, 7) is -0.587. The van der Waals surface area contributed by atoms with Gasteiger partial charge in [0.15, 0.2) is 6.10 Å². The van der Waals surface area contributed by atoms with Crippen molar-refractivity contribution in [1.82, 2.24) is 0 Å². The normalized spacial score (nSPS) is 13.6. The number of hydrogen-bond acceptors (Lipinski definition) is 6. The minimum atomic E-state index is -4.60. The van der Waals surface area contributed by atoms with E-state index in [9.17, 15) is 30.0 Å². The molecule has 0 saturated heterocycles. The topological polar surface area (TPSA) is 86.7 Å². The average Bonchev–Trinajstić information content (AvgIpc) is 2.34. The first-order valence-electron chi connectivity index (χ1n) is 6.21. The molecule has 140 valence electrons. The van der Waals surface area contributed by atoms with Gasteiger partial charge in [-0.05, 0) is 12.1 Å². The van der Waals surface area contributed by atoms with Crippen molar-refractivity contribution in [1.29, 1.82) is 0 Å². The van der Waals surface area contributed by atoms with Crippen molar-refractivity contribution in [3.63, 3.8) is 0 Å². The summed E-state index contributed by atoms with van der Waals surface area (Å²) in [5.74, 6) is 0.0594. The minimum absolute atomic E-state index is 0.0594. The third kappa shape index (κ3) is 14.5. The Bertz CT molecular complexity index is 681. The number of alkyl halides is 3. The molecule has 0 aliphatic heterocycles. The Morgan fingerprint density at radius 1 is 1.08 bits per heavy atom. The summed E-state index contributed by atoms with van der Waals surface area (Å²) < 4.78 is 87.3. The van der Waals surface area contributed by atoms with E-state index in [2.05, 4.69) is 14.9 Å². The highest BCUT2D eigenvalue weighted by atomic mass is 35.7. The van der Waals surface area contributed by atoms with Crippen LogP contribution in [0, 0.1) is 0 Å². The molecule has 1 unspecified atom stereocenters. The van der Waals surface area contributed by atoms with Crippen LogP contribution in [0.15, 0.2) is 30.3 Å². The monoisotopic (exact) mass is 412 g/mol. The molecule has 1 atom stereocenters. The zero-order chi connectivity index (χ0) is 19.0. The number of halogens is 4. The summed E-state index contributed by atoms with van der Waals surface area (Å²) >= 11 is 0. The van der Waals surface area contributed by atoms with Gasteiger partial charge in [-0.1, -0.05) is 18.2 Å². The standard InChI is InChI=1S/C11H13F3O4S.CH3ClO2S/c1-19(15,16)17-8-7-10(11(12,13)14)18-9-5-3-2-4-6-9;1-5(2,3)4/h2-6,10H,7-8H2,1H3;1H3. The van der Waals surface area contributed by atoms with Crippen molar-refractivity contribution in [3.8, 4) is 5.75 Å². The van der Waals surface area contributed by atoms with E-state index in [1.165, 1.54) is 24.3 Å². The Balaban J connectivity index is 0.000000922. The summed E-state index contributed by atoms with van der Waals surface area (Å²) in [6.07, 6.45) is -5.62. The molecule has 0 saturated carbocycles. The van der Waals surface area contributed by atoms with Gasteiger partial charge in [-0.2, -0.15) is 21.6 Å². The molecule has 0 spiro atoms. The number of ether oxygens (including phenoxy) is 1. The Labute approximate surface area is 143 Å². The van der Waals surface area contributed by atoms with Gasteiger partial charge in [-0.15, -0.1) is 0 Å². The molecule has 1 aromatic rings. The Morgan fingerprint density at radius 3 is 1.92 bits per heavy atom. The highest BCUT2D eigenvalue weighted by Crippen LogP contribution is 2.27. The second-order valence-corrected chi connectivity index (χ2v) is 9.15. The second-order valence-electron chi connectivity index (χ2n) is 4.46. The predicted octanol–water partition coefficient (Wildman–Crippen LogP) is 2.55. The van der Waals surface area contributed by atoms with Crippen molar-refractivity contribution in [3.05, 3.63) is 30.3 Å². The van der Waals surface area contributed by atoms with Gasteiger partial charge in [0.1, 0.15) is 5.75 Å². The fourth-order valence-corrected chi connectivity index (χ4v) is 1.66. The van der Waals surface area contributed by atoms with Gasteiger partial charge in [0, 0.05) is 17.1 Å². The van der Waals surface area contributed by atoms with Gasteiger partial charge in [0.2, 0.25) is 9.05 Å². The summed E-state index contributed by atoms with van der Waals surface area (Å²) in [5.41, 5.74) is 0. The first-order chi connectivity index (χ1) is 10.7. The summed E-state index contributed by atoms with van der Waals surface area (Å²) in [6, 6.07) is 7.49. The second kappa shape index (κ2) is 9.44. The van der Waals surface area contributed by atoms with Crippen LogP contribution in [-0.2, 0) is 23.4 Å². The fraction of sp³-hybridized carbons (Fsp3) is 0.500. The average molecular weight is 413 g/mol. The summed E-state index contributed by atoms with van der Waals surface area (Å²) in [7, 11) is -2.45. The van der Waals surface area contributed by atoms with E-state index >= 15 is 0 Å². The van der Waals surface area contributed by atoms with Gasteiger partial charge in [0.25, 0.3) is 10.1 Å². The number of rotatable bonds is 6. The zero-order valence-corrected chi connectivity index (χ0v) is 15.0. The lowest BCUT2D eigenvalue weighted by Crippen LogP contribution is -2.35. The molecule has 0 heterocycles. The van der Waals surface area contributed by atoms with Crippen molar-refractivity contribution in [2.24, 2.45) is 0 Å². The van der Waals surface area contributed by atoms with Crippen LogP contribution < -0.4 is 4.74 Å². The molecule has 0 aromatic heterocycles. The lowest BCUT2D eigenvalue weighted by Gasteiger charge is -2.21. The lowest BCUT2D eigenvalue weighted by atomic mass is 10.2. The van der Waals surface area contributed by atoms with E-state index < -0.39 is 44.5 Å². The number of benzene rings is 1. The molecule has 0 aliphatic carbocycles. The van der Waals surface area contributed by atoms with E-state index in [1.54, 1.807) is 6.07 Å². The molecular formula is C12H16ClF3O6S2. The molecule has 0 N–H and O–H groups in total. The van der Waals surface area contributed by atoms with Gasteiger partial charge in [-0.25, -0.2) is 8.42 Å². The van der Waals surface area contributed by atoms with Crippen LogP contribution in [0.1, 0.15) is 6.42 Å². The Hall–Kier alpha value is -1.04. The van der Waals surface area contributed by atoms with Gasteiger partial charge >= 0.3 is 6.18 Å². The highest BCUT2D eigenvalue weighted by Gasteiger charge is 2.41. The van der Waals surface area contributed by atoms with Crippen molar-refractivity contribution >= 4 is 29.9 Å². The lowest BCUT2D eigenvalue weighted by molar-refractivity contribution is -0.198. The summed E-state index contributed by atoms with van der Waals surface area (Å²) in [5, 5.41) is 0. The molecule has 0 radical (unpaired) electrons. The molecule has 0 bridgehead atoms. The maximum Gasteiger partial charge on any atom is 0.425 e. The van der Waals surface area contributed by atoms with E-state index in [1.807, 2.05) is 0 Å². The predicted molar refractivity (Wildman–Crippen MR) is 83.0 cm³/mol. The molecule has 24 heavy (non-hydrogen) atoms. The van der Waals surface area contributed by atoms with Gasteiger partial charge in [-0.3, -0.25) is 4.18 Å². The third-order valence-corrected chi connectivity index (χ3v) is 2.66. The largest absolute Gasteiger partial charge is 0.481 e. The Kier molecular flexibility index (Phi) is 9.04. The van der Waals surface area contributed by atoms with Crippen molar-refractivity contribution in [2.45, 2.75) is 18.7 Å². The van der Waals surface area contributed by atoms with Crippen LogP contribution in [0.25, 0.3) is 0 Å². The minimum Gasteiger partial charge on any atom is -0.481 e. The first kappa shape index (κ1) is 23.0. The fourth-order valence-electron chi connectivity index (χ4n) is 1.26. The molecule has 1 rings (SSSR count). The first-order valence-corrected chi connectivity index (χ1v) is 10.7. The number of para-hydroxylation sites is 1. The van der Waals surface area contributed by atoms with Gasteiger partial charge < -0.3 is 4.74 Å². The zero-order valence-electron chi connectivity index (χ0n) is 12.7. The van der Waals surface area contributed by atoms with Crippen LogP contribution in [-0.4, -0.2) is 48.2 Å².